The van der Waals surface area contributed by atoms with Gasteiger partial charge in [0.1, 0.15) is 5.82 Å². The fourth-order valence-corrected chi connectivity index (χ4v) is 3.37. The summed E-state index contributed by atoms with van der Waals surface area (Å²) in [7, 11) is 1.39. The summed E-state index contributed by atoms with van der Waals surface area (Å²) in [6.45, 7) is 5.12. The lowest BCUT2D eigenvalue weighted by Gasteiger charge is -2.31. The Morgan fingerprint density at radius 2 is 2.15 bits per heavy atom. The van der Waals surface area contributed by atoms with Crippen molar-refractivity contribution < 1.29 is 9.53 Å². The molecule has 1 N–H and O–H groups in total. The van der Waals surface area contributed by atoms with E-state index in [1.165, 1.54) is 7.11 Å². The number of H-pyrrole nitrogens is 1. The summed E-state index contributed by atoms with van der Waals surface area (Å²) in [5.41, 5.74) is 1.97. The number of hydrogen-bond donors (Lipinski definition) is 1. The summed E-state index contributed by atoms with van der Waals surface area (Å²) in [5, 5.41) is 4.30. The van der Waals surface area contributed by atoms with E-state index in [4.69, 9.17) is 0 Å². The summed E-state index contributed by atoms with van der Waals surface area (Å²) >= 11 is 0. The summed E-state index contributed by atoms with van der Waals surface area (Å²) in [5.74, 6) is 0.789. The Balaban J connectivity index is 1.50. The maximum absolute atomic E-state index is 11.6. The molecule has 1 fully saturated rings. The van der Waals surface area contributed by atoms with Crippen molar-refractivity contribution in [3.63, 3.8) is 0 Å². The first-order valence-electron chi connectivity index (χ1n) is 8.92. The van der Waals surface area contributed by atoms with Crippen LogP contribution in [0.1, 0.15) is 42.3 Å². The number of methoxy groups -OCH3 is 1. The molecule has 1 aliphatic heterocycles. The molecule has 0 spiro atoms. The zero-order chi connectivity index (χ0) is 18.5. The van der Waals surface area contributed by atoms with Crippen molar-refractivity contribution >= 4 is 5.97 Å². The first kappa shape index (κ1) is 18.3. The van der Waals surface area contributed by atoms with E-state index in [-0.39, 0.29) is 11.5 Å². The Bertz CT molecular complexity index is 805. The SMILES string of the molecule is COC(=O)CCn1cc(CN2CCC(c3cc(=O)[nH]c(C)n3)CC2)cn1. The largest absolute Gasteiger partial charge is 0.469 e. The van der Waals surface area contributed by atoms with Crippen molar-refractivity contribution in [3.05, 3.63) is 45.9 Å². The van der Waals surface area contributed by atoms with Gasteiger partial charge in [0.15, 0.2) is 0 Å². The second kappa shape index (κ2) is 8.27. The van der Waals surface area contributed by atoms with E-state index in [0.29, 0.717) is 24.7 Å². The molecule has 0 bridgehead atoms. The Labute approximate surface area is 152 Å². The predicted octanol–water partition coefficient (Wildman–Crippen LogP) is 1.22. The molecule has 1 saturated heterocycles. The monoisotopic (exact) mass is 359 g/mol. The zero-order valence-electron chi connectivity index (χ0n) is 15.3. The molecule has 3 rings (SSSR count). The molecular formula is C18H25N5O3. The molecule has 0 amide bonds. The van der Waals surface area contributed by atoms with Gasteiger partial charge in [0.25, 0.3) is 5.56 Å². The third-order valence-electron chi connectivity index (χ3n) is 4.75. The van der Waals surface area contributed by atoms with Crippen LogP contribution in [0.15, 0.2) is 23.3 Å². The quantitative estimate of drug-likeness (QED) is 0.780. The van der Waals surface area contributed by atoms with E-state index >= 15 is 0 Å². The number of piperidine rings is 1. The van der Waals surface area contributed by atoms with Gasteiger partial charge >= 0.3 is 5.97 Å². The van der Waals surface area contributed by atoms with Crippen molar-refractivity contribution in [2.75, 3.05) is 20.2 Å². The molecule has 8 nitrogen and oxygen atoms in total. The summed E-state index contributed by atoms with van der Waals surface area (Å²) in [6.07, 6.45) is 6.14. The Hall–Kier alpha value is -2.48. The van der Waals surface area contributed by atoms with Crippen molar-refractivity contribution in [1.29, 1.82) is 0 Å². The highest BCUT2D eigenvalue weighted by molar-refractivity contribution is 5.68. The molecule has 1 aliphatic rings. The van der Waals surface area contributed by atoms with E-state index in [2.05, 4.69) is 24.7 Å². The number of aromatic amines is 1. The van der Waals surface area contributed by atoms with Crippen LogP contribution in [-0.2, 0) is 22.6 Å². The van der Waals surface area contributed by atoms with Gasteiger partial charge in [-0.15, -0.1) is 0 Å². The van der Waals surface area contributed by atoms with Crippen LogP contribution in [0.4, 0.5) is 0 Å². The van der Waals surface area contributed by atoms with Gasteiger partial charge in [-0.1, -0.05) is 0 Å². The van der Waals surface area contributed by atoms with Gasteiger partial charge in [-0.2, -0.15) is 5.10 Å². The molecule has 140 valence electrons. The van der Waals surface area contributed by atoms with Crippen molar-refractivity contribution in [3.8, 4) is 0 Å². The minimum atomic E-state index is -0.229. The average Bonchev–Trinajstić information content (AvgIpc) is 3.07. The molecule has 0 radical (unpaired) electrons. The van der Waals surface area contributed by atoms with Crippen molar-refractivity contribution in [2.45, 2.75) is 45.2 Å². The molecule has 3 heterocycles. The highest BCUT2D eigenvalue weighted by Crippen LogP contribution is 2.26. The first-order valence-corrected chi connectivity index (χ1v) is 8.92. The van der Waals surface area contributed by atoms with Gasteiger partial charge in [0.2, 0.25) is 0 Å². The predicted molar refractivity (Wildman–Crippen MR) is 95.7 cm³/mol. The standard InChI is InChI=1S/C18H25N5O3/c1-13-20-16(9-17(24)21-13)15-3-6-22(7-4-15)11-14-10-19-23(12-14)8-5-18(25)26-2/h9-10,12,15H,3-8,11H2,1-2H3,(H,20,21,24). The lowest BCUT2D eigenvalue weighted by atomic mass is 9.93. The van der Waals surface area contributed by atoms with E-state index in [1.807, 2.05) is 19.3 Å². The van der Waals surface area contributed by atoms with Crippen LogP contribution in [0.2, 0.25) is 0 Å². The number of likely N-dealkylation sites (tertiary alicyclic amines) is 1. The summed E-state index contributed by atoms with van der Waals surface area (Å²) < 4.78 is 6.43. The third kappa shape index (κ3) is 4.78. The molecule has 8 heteroatoms. The normalized spacial score (nSPS) is 15.9. The molecule has 0 unspecified atom stereocenters. The number of esters is 1. The molecular weight excluding hydrogens is 334 g/mol. The van der Waals surface area contributed by atoms with Gasteiger partial charge in [-0.25, -0.2) is 4.98 Å². The van der Waals surface area contributed by atoms with Crippen LogP contribution in [-0.4, -0.2) is 50.8 Å². The fourth-order valence-electron chi connectivity index (χ4n) is 3.37. The smallest absolute Gasteiger partial charge is 0.307 e. The zero-order valence-corrected chi connectivity index (χ0v) is 15.3. The van der Waals surface area contributed by atoms with Gasteiger partial charge in [0, 0.05) is 30.3 Å². The van der Waals surface area contributed by atoms with E-state index in [0.717, 1.165) is 43.7 Å². The lowest BCUT2D eigenvalue weighted by molar-refractivity contribution is -0.140. The topological polar surface area (TPSA) is 93.1 Å². The van der Waals surface area contributed by atoms with E-state index in [1.54, 1.807) is 10.7 Å². The maximum atomic E-state index is 11.6. The van der Waals surface area contributed by atoms with Crippen LogP contribution >= 0.6 is 0 Å². The van der Waals surface area contributed by atoms with Crippen molar-refractivity contribution in [2.24, 2.45) is 0 Å². The molecule has 26 heavy (non-hydrogen) atoms. The molecule has 2 aromatic heterocycles. The van der Waals surface area contributed by atoms with Crippen LogP contribution in [0, 0.1) is 6.92 Å². The van der Waals surface area contributed by atoms with Gasteiger partial charge in [-0.3, -0.25) is 19.2 Å². The second-order valence-electron chi connectivity index (χ2n) is 6.74. The number of aromatic nitrogens is 4. The van der Waals surface area contributed by atoms with Gasteiger partial charge in [0.05, 0.1) is 32.0 Å². The van der Waals surface area contributed by atoms with Crippen molar-refractivity contribution in [1.82, 2.24) is 24.6 Å². The van der Waals surface area contributed by atoms with E-state index in [9.17, 15) is 9.59 Å². The molecule has 0 atom stereocenters. The minimum absolute atomic E-state index is 0.0747. The molecule has 0 saturated carbocycles. The fraction of sp³-hybridized carbons (Fsp3) is 0.556. The van der Waals surface area contributed by atoms with Gasteiger partial charge < -0.3 is 9.72 Å². The van der Waals surface area contributed by atoms with Crippen LogP contribution in [0.3, 0.4) is 0 Å². The summed E-state index contributed by atoms with van der Waals surface area (Å²) in [6, 6.07) is 1.62. The molecule has 2 aromatic rings. The highest BCUT2D eigenvalue weighted by Gasteiger charge is 2.22. The minimum Gasteiger partial charge on any atom is -0.469 e. The van der Waals surface area contributed by atoms with Crippen LogP contribution < -0.4 is 5.56 Å². The molecule has 0 aliphatic carbocycles. The number of ether oxygens (including phenoxy) is 1. The van der Waals surface area contributed by atoms with Crippen LogP contribution in [0.25, 0.3) is 0 Å². The lowest BCUT2D eigenvalue weighted by Crippen LogP contribution is -2.33. The maximum Gasteiger partial charge on any atom is 0.307 e. The average molecular weight is 359 g/mol. The number of nitrogens with one attached hydrogen (secondary N) is 1. The first-order chi connectivity index (χ1) is 12.5. The Kier molecular flexibility index (Phi) is 5.82. The number of nitrogens with zero attached hydrogens (tertiary/aromatic N) is 4. The number of hydrogen-bond acceptors (Lipinski definition) is 6. The number of rotatable bonds is 6. The van der Waals surface area contributed by atoms with E-state index < -0.39 is 0 Å². The number of carbonyl (C=O) groups is 1. The van der Waals surface area contributed by atoms with Crippen LogP contribution in [0.5, 0.6) is 0 Å². The molecule has 0 aromatic carbocycles. The number of carbonyl (C=O) groups excluding carboxylic acids is 1. The number of aryl methyl sites for hydroxylation is 2. The van der Waals surface area contributed by atoms with Gasteiger partial charge in [-0.05, 0) is 32.9 Å². The third-order valence-corrected chi connectivity index (χ3v) is 4.75. The highest BCUT2D eigenvalue weighted by atomic mass is 16.5. The Morgan fingerprint density at radius 3 is 2.85 bits per heavy atom. The second-order valence-corrected chi connectivity index (χ2v) is 6.74. The Morgan fingerprint density at radius 1 is 1.38 bits per heavy atom. The summed E-state index contributed by atoms with van der Waals surface area (Å²) in [4.78, 5) is 32.4.